The summed E-state index contributed by atoms with van der Waals surface area (Å²) in [5.41, 5.74) is 1.04. The molecule has 86 valence electrons. The first-order valence-electron chi connectivity index (χ1n) is 5.25. The molecule has 0 unspecified atom stereocenters. The van der Waals surface area contributed by atoms with Gasteiger partial charge in [-0.05, 0) is 27.2 Å². The van der Waals surface area contributed by atoms with E-state index in [0.717, 1.165) is 12.1 Å². The lowest BCUT2D eigenvalue weighted by molar-refractivity contribution is 0.236. The molecule has 0 aliphatic heterocycles. The highest BCUT2D eigenvalue weighted by Gasteiger charge is 2.10. The largest absolute Gasteiger partial charge is 0.492 e. The Labute approximate surface area is 91.5 Å². The molecule has 0 saturated carbocycles. The van der Waals surface area contributed by atoms with Crippen molar-refractivity contribution in [2.24, 2.45) is 4.99 Å². The van der Waals surface area contributed by atoms with Gasteiger partial charge in [0.15, 0.2) is 0 Å². The number of rotatable bonds is 6. The lowest BCUT2D eigenvalue weighted by Gasteiger charge is -2.09. The van der Waals surface area contributed by atoms with Crippen LogP contribution in [0.15, 0.2) is 28.9 Å². The minimum absolute atomic E-state index is 0.249. The van der Waals surface area contributed by atoms with Crippen molar-refractivity contribution >= 4 is 5.71 Å². The average molecular weight is 213 g/mol. The maximum Gasteiger partial charge on any atom is 0.140 e. The first-order chi connectivity index (χ1) is 7.02. The van der Waals surface area contributed by atoms with Gasteiger partial charge in [-0.2, -0.15) is 0 Å². The third kappa shape index (κ3) is 5.35. The van der Waals surface area contributed by atoms with Crippen LogP contribution >= 0.6 is 0 Å². The van der Waals surface area contributed by atoms with Gasteiger partial charge in [-0.3, -0.25) is 4.99 Å². The third-order valence-electron chi connectivity index (χ3n) is 1.64. The van der Waals surface area contributed by atoms with E-state index in [1.54, 1.807) is 0 Å². The van der Waals surface area contributed by atoms with Gasteiger partial charge >= 0.3 is 0 Å². The highest BCUT2D eigenvalue weighted by Crippen LogP contribution is 2.21. The molecule has 3 heteroatoms. The summed E-state index contributed by atoms with van der Waals surface area (Å²) < 4.78 is 18.8. The van der Waals surface area contributed by atoms with Gasteiger partial charge in [-0.15, -0.1) is 0 Å². The van der Waals surface area contributed by atoms with Gasteiger partial charge in [-0.1, -0.05) is 13.5 Å². The van der Waals surface area contributed by atoms with E-state index in [4.69, 9.17) is 4.74 Å². The van der Waals surface area contributed by atoms with E-state index < -0.39 is 0 Å². The molecular formula is C12H20FNO. The molecule has 2 nitrogen and oxygen atoms in total. The number of halogens is 1. The Kier molecular flexibility index (Phi) is 6.67. The van der Waals surface area contributed by atoms with Crippen LogP contribution in [0.3, 0.4) is 0 Å². The maximum absolute atomic E-state index is 13.6. The van der Waals surface area contributed by atoms with Crippen LogP contribution in [0.2, 0.25) is 0 Å². The predicted molar refractivity (Wildman–Crippen MR) is 62.6 cm³/mol. The van der Waals surface area contributed by atoms with Crippen LogP contribution in [0.5, 0.6) is 0 Å². The number of allylic oxidation sites excluding steroid dienone is 1. The van der Waals surface area contributed by atoms with Crippen LogP contribution in [-0.2, 0) is 4.74 Å². The minimum atomic E-state index is -0.253. The fourth-order valence-electron chi connectivity index (χ4n) is 1.08. The van der Waals surface area contributed by atoms with Crippen molar-refractivity contribution in [3.63, 3.8) is 0 Å². The second-order valence-corrected chi connectivity index (χ2v) is 3.42. The van der Waals surface area contributed by atoms with Gasteiger partial charge < -0.3 is 4.74 Å². The molecule has 0 aliphatic carbocycles. The van der Waals surface area contributed by atoms with Crippen LogP contribution in [0.1, 0.15) is 40.5 Å². The Hall–Kier alpha value is -1.12. The van der Waals surface area contributed by atoms with Gasteiger partial charge in [0.1, 0.15) is 17.3 Å². The van der Waals surface area contributed by atoms with Crippen molar-refractivity contribution in [2.45, 2.75) is 40.5 Å². The van der Waals surface area contributed by atoms with Gasteiger partial charge in [0.25, 0.3) is 0 Å². The molecule has 0 rings (SSSR count). The van der Waals surface area contributed by atoms with E-state index in [2.05, 4.69) is 11.6 Å². The van der Waals surface area contributed by atoms with Gasteiger partial charge in [-0.25, -0.2) is 4.39 Å². The molecule has 0 bridgehead atoms. The van der Waals surface area contributed by atoms with E-state index in [1.807, 2.05) is 27.7 Å². The molecule has 0 heterocycles. The topological polar surface area (TPSA) is 21.6 Å². The molecule has 0 aliphatic rings. The van der Waals surface area contributed by atoms with Gasteiger partial charge in [0, 0.05) is 12.1 Å². The molecule has 0 saturated heterocycles. The highest BCUT2D eigenvalue weighted by atomic mass is 19.1. The molecule has 15 heavy (non-hydrogen) atoms. The second-order valence-electron chi connectivity index (χ2n) is 3.42. The van der Waals surface area contributed by atoms with Crippen LogP contribution in [0.25, 0.3) is 0 Å². The standard InChI is InChI=1S/C12H20FNO/c1-6-8-11(13)12(14-9(3)4)10(5)15-7-2/h5-8H2,1-4H3. The maximum atomic E-state index is 13.6. The Morgan fingerprint density at radius 2 is 1.93 bits per heavy atom. The molecule has 0 aromatic carbocycles. The Morgan fingerprint density at radius 1 is 1.33 bits per heavy atom. The average Bonchev–Trinajstić information content (AvgIpc) is 2.14. The molecule has 0 spiro atoms. The molecule has 0 aromatic heterocycles. The SMILES string of the molecule is C=C(OCC)C(N=C(C)C)=C(F)CCC. The number of aliphatic imine (C=N–C) groups is 1. The summed E-state index contributed by atoms with van der Waals surface area (Å²) in [6.07, 6.45) is 1.12. The summed E-state index contributed by atoms with van der Waals surface area (Å²) in [6, 6.07) is 0. The monoisotopic (exact) mass is 213 g/mol. The zero-order valence-electron chi connectivity index (χ0n) is 10.1. The highest BCUT2D eigenvalue weighted by molar-refractivity contribution is 5.80. The summed E-state index contributed by atoms with van der Waals surface area (Å²) in [5.74, 6) is 0.0572. The first-order valence-corrected chi connectivity index (χ1v) is 5.25. The lowest BCUT2D eigenvalue weighted by atomic mass is 10.2. The quantitative estimate of drug-likeness (QED) is 0.371. The lowest BCUT2D eigenvalue weighted by Crippen LogP contribution is -1.97. The zero-order valence-corrected chi connectivity index (χ0v) is 10.1. The van der Waals surface area contributed by atoms with Crippen LogP contribution in [0, 0.1) is 0 Å². The summed E-state index contributed by atoms with van der Waals surface area (Å²) in [7, 11) is 0. The molecular weight excluding hydrogens is 193 g/mol. The van der Waals surface area contributed by atoms with E-state index in [-0.39, 0.29) is 11.5 Å². The molecule has 0 atom stereocenters. The number of hydrogen-bond acceptors (Lipinski definition) is 2. The van der Waals surface area contributed by atoms with Crippen molar-refractivity contribution < 1.29 is 9.13 Å². The summed E-state index contributed by atoms with van der Waals surface area (Å²) in [5, 5.41) is 0. The fraction of sp³-hybridized carbons (Fsp3) is 0.583. The zero-order chi connectivity index (χ0) is 11.8. The Morgan fingerprint density at radius 3 is 2.33 bits per heavy atom. The van der Waals surface area contributed by atoms with Crippen molar-refractivity contribution in [3.05, 3.63) is 23.9 Å². The summed E-state index contributed by atoms with van der Waals surface area (Å²) in [4.78, 5) is 4.11. The number of hydrogen-bond donors (Lipinski definition) is 0. The normalized spacial score (nSPS) is 11.8. The summed E-state index contributed by atoms with van der Waals surface area (Å²) >= 11 is 0. The van der Waals surface area contributed by atoms with Crippen molar-refractivity contribution in [1.82, 2.24) is 0 Å². The van der Waals surface area contributed by atoms with Crippen molar-refractivity contribution in [1.29, 1.82) is 0 Å². The van der Waals surface area contributed by atoms with Gasteiger partial charge in [0.05, 0.1) is 6.61 Å². The Balaban J connectivity index is 4.96. The first kappa shape index (κ1) is 13.9. The van der Waals surface area contributed by atoms with Crippen molar-refractivity contribution in [3.8, 4) is 0 Å². The molecule has 0 radical (unpaired) electrons. The fourth-order valence-corrected chi connectivity index (χ4v) is 1.08. The molecule has 0 amide bonds. The van der Waals surface area contributed by atoms with Crippen LogP contribution in [0.4, 0.5) is 4.39 Å². The molecule has 0 N–H and O–H groups in total. The molecule has 0 aromatic rings. The number of nitrogens with zero attached hydrogens (tertiary/aromatic N) is 1. The van der Waals surface area contributed by atoms with E-state index in [9.17, 15) is 4.39 Å². The predicted octanol–water partition coefficient (Wildman–Crippen LogP) is 4.00. The van der Waals surface area contributed by atoms with E-state index in [0.29, 0.717) is 18.8 Å². The van der Waals surface area contributed by atoms with Crippen LogP contribution < -0.4 is 0 Å². The van der Waals surface area contributed by atoms with E-state index in [1.165, 1.54) is 0 Å². The van der Waals surface area contributed by atoms with Crippen LogP contribution in [-0.4, -0.2) is 12.3 Å². The van der Waals surface area contributed by atoms with E-state index >= 15 is 0 Å². The minimum Gasteiger partial charge on any atom is -0.492 e. The molecule has 0 fully saturated rings. The second kappa shape index (κ2) is 7.21. The Bertz CT molecular complexity index is 275. The van der Waals surface area contributed by atoms with Gasteiger partial charge in [0.2, 0.25) is 0 Å². The summed E-state index contributed by atoms with van der Waals surface area (Å²) in [6.45, 7) is 11.5. The van der Waals surface area contributed by atoms with Crippen molar-refractivity contribution in [2.75, 3.05) is 6.61 Å². The third-order valence-corrected chi connectivity index (χ3v) is 1.64. The smallest absolute Gasteiger partial charge is 0.140 e. The number of ether oxygens (including phenoxy) is 1.